The Morgan fingerprint density at radius 3 is 2.18 bits per heavy atom. The Balaban J connectivity index is 2.24. The fourth-order valence-electron chi connectivity index (χ4n) is 1.65. The molecule has 0 atom stereocenters. The molecule has 0 amide bonds. The summed E-state index contributed by atoms with van der Waals surface area (Å²) in [5, 5.41) is 0. The summed E-state index contributed by atoms with van der Waals surface area (Å²) < 4.78 is 36.9. The van der Waals surface area contributed by atoms with Crippen molar-refractivity contribution in [2.24, 2.45) is 0 Å². The number of hydrogen-bond donors (Lipinski definition) is 1. The van der Waals surface area contributed by atoms with Gasteiger partial charge in [0, 0.05) is 41.1 Å². The van der Waals surface area contributed by atoms with Crippen molar-refractivity contribution in [3.63, 3.8) is 0 Å². The van der Waals surface area contributed by atoms with Crippen LogP contribution in [0.25, 0.3) is 0 Å². The molecule has 0 spiro atoms. The number of nitrogens with two attached hydrogens (primary N) is 1. The van der Waals surface area contributed by atoms with E-state index in [1.807, 2.05) is 0 Å². The van der Waals surface area contributed by atoms with Gasteiger partial charge < -0.3 is 5.73 Å². The summed E-state index contributed by atoms with van der Waals surface area (Å²) in [7, 11) is -4.34. The quantitative estimate of drug-likeness (QED) is 0.771. The molecule has 2 rings (SSSR count). The number of nitrogens with zero attached hydrogens (tertiary/aromatic N) is 1. The van der Waals surface area contributed by atoms with E-state index in [4.69, 9.17) is 5.73 Å². The molecule has 1 aliphatic heterocycles. The molecule has 1 heterocycles. The molecule has 1 aromatic carbocycles. The van der Waals surface area contributed by atoms with Crippen LogP contribution < -0.4 is 5.73 Å². The molecule has 0 radical (unpaired) electrons. The smallest absolute Gasteiger partial charge is 0.243 e. The third-order valence-corrected chi connectivity index (χ3v) is 5.84. The number of benzene rings is 1. The van der Waals surface area contributed by atoms with Crippen LogP contribution >= 0.6 is 0 Å². The Kier molecular flexibility index (Phi) is 3.50. The second-order valence-corrected chi connectivity index (χ2v) is 7.46. The predicted molar refractivity (Wildman–Crippen MR) is 67.5 cm³/mol. The topological polar surface area (TPSA) is 80.5 Å². The lowest BCUT2D eigenvalue weighted by molar-refractivity contribution is 0.439. The van der Waals surface area contributed by atoms with Gasteiger partial charge in [-0.1, -0.05) is 0 Å². The first-order valence-electron chi connectivity index (χ1n) is 5.21. The van der Waals surface area contributed by atoms with Crippen LogP contribution in [0, 0.1) is 0 Å². The molecule has 0 unspecified atom stereocenters. The lowest BCUT2D eigenvalue weighted by Gasteiger charge is -2.25. The zero-order valence-electron chi connectivity index (χ0n) is 9.20. The normalized spacial score (nSPS) is 19.3. The van der Waals surface area contributed by atoms with E-state index in [2.05, 4.69) is 0 Å². The molecule has 94 valence electrons. The van der Waals surface area contributed by atoms with Crippen molar-refractivity contribution in [2.75, 3.05) is 30.3 Å². The third kappa shape index (κ3) is 2.67. The molecular formula is C10H14N2O3S2. The van der Waals surface area contributed by atoms with Gasteiger partial charge in [0.05, 0.1) is 4.90 Å². The van der Waals surface area contributed by atoms with E-state index < -0.39 is 20.8 Å². The van der Waals surface area contributed by atoms with Gasteiger partial charge >= 0.3 is 0 Å². The van der Waals surface area contributed by atoms with Crippen LogP contribution in [0.5, 0.6) is 0 Å². The van der Waals surface area contributed by atoms with E-state index in [0.29, 0.717) is 30.3 Å². The SMILES string of the molecule is Nc1ccc(S(=O)(=O)N2CCS(=O)CC2)cc1. The van der Waals surface area contributed by atoms with E-state index in [0.717, 1.165) is 0 Å². The first-order valence-corrected chi connectivity index (χ1v) is 8.13. The molecule has 0 saturated carbocycles. The minimum absolute atomic E-state index is 0.236. The summed E-state index contributed by atoms with van der Waals surface area (Å²) in [5.74, 6) is 0.822. The average Bonchev–Trinajstić information content (AvgIpc) is 2.30. The Morgan fingerprint density at radius 2 is 1.65 bits per heavy atom. The van der Waals surface area contributed by atoms with E-state index in [1.165, 1.54) is 16.4 Å². The van der Waals surface area contributed by atoms with Gasteiger partial charge in [-0.25, -0.2) is 8.42 Å². The highest BCUT2D eigenvalue weighted by molar-refractivity contribution is 7.89. The van der Waals surface area contributed by atoms with Crippen LogP contribution in [0.4, 0.5) is 5.69 Å². The highest BCUT2D eigenvalue weighted by Gasteiger charge is 2.27. The number of anilines is 1. The Bertz CT molecular complexity index is 515. The van der Waals surface area contributed by atoms with Crippen molar-refractivity contribution in [2.45, 2.75) is 4.90 Å². The van der Waals surface area contributed by atoms with Crippen LogP contribution in [0.1, 0.15) is 0 Å². The Labute approximate surface area is 103 Å². The second-order valence-electron chi connectivity index (χ2n) is 3.82. The van der Waals surface area contributed by atoms with Crippen LogP contribution in [-0.2, 0) is 20.8 Å². The molecule has 2 N–H and O–H groups in total. The number of nitrogen functional groups attached to an aromatic ring is 1. The van der Waals surface area contributed by atoms with Gasteiger partial charge in [0.1, 0.15) is 0 Å². The lowest BCUT2D eigenvalue weighted by Crippen LogP contribution is -2.41. The van der Waals surface area contributed by atoms with Crippen molar-refractivity contribution >= 4 is 26.5 Å². The molecule has 17 heavy (non-hydrogen) atoms. The molecular weight excluding hydrogens is 260 g/mol. The fourth-order valence-corrected chi connectivity index (χ4v) is 4.38. The maximum atomic E-state index is 12.2. The van der Waals surface area contributed by atoms with Gasteiger partial charge in [-0.15, -0.1) is 0 Å². The first kappa shape index (κ1) is 12.5. The Morgan fingerprint density at radius 1 is 1.12 bits per heavy atom. The standard InChI is InChI=1S/C10H14N2O3S2/c11-9-1-3-10(4-2-9)17(14,15)12-5-7-16(13)8-6-12/h1-4H,5-8,11H2. The van der Waals surface area contributed by atoms with Crippen molar-refractivity contribution in [1.29, 1.82) is 0 Å². The summed E-state index contributed by atoms with van der Waals surface area (Å²) >= 11 is 0. The van der Waals surface area contributed by atoms with Crippen molar-refractivity contribution in [3.8, 4) is 0 Å². The van der Waals surface area contributed by atoms with Gasteiger partial charge in [-0.3, -0.25) is 4.21 Å². The molecule has 7 heteroatoms. The summed E-state index contributed by atoms with van der Waals surface area (Å²) in [6.07, 6.45) is 0. The van der Waals surface area contributed by atoms with Crippen LogP contribution in [0.3, 0.4) is 0 Å². The van der Waals surface area contributed by atoms with Gasteiger partial charge in [0.2, 0.25) is 10.0 Å². The van der Waals surface area contributed by atoms with Crippen molar-refractivity contribution < 1.29 is 12.6 Å². The molecule has 0 bridgehead atoms. The van der Waals surface area contributed by atoms with E-state index >= 15 is 0 Å². The zero-order chi connectivity index (χ0) is 12.5. The number of rotatable bonds is 2. The highest BCUT2D eigenvalue weighted by Crippen LogP contribution is 2.18. The summed E-state index contributed by atoms with van der Waals surface area (Å²) in [6, 6.07) is 6.12. The first-order chi connectivity index (χ1) is 8.00. The minimum atomic E-state index is -3.46. The fraction of sp³-hybridized carbons (Fsp3) is 0.400. The number of hydrogen-bond acceptors (Lipinski definition) is 4. The van der Waals surface area contributed by atoms with Crippen LogP contribution in [0.15, 0.2) is 29.2 Å². The predicted octanol–water partition coefficient (Wildman–Crippen LogP) is 0.0218. The maximum Gasteiger partial charge on any atom is 0.243 e. The van der Waals surface area contributed by atoms with Gasteiger partial charge in [-0.2, -0.15) is 4.31 Å². The van der Waals surface area contributed by atoms with Gasteiger partial charge in [-0.05, 0) is 24.3 Å². The highest BCUT2D eigenvalue weighted by atomic mass is 32.2. The zero-order valence-corrected chi connectivity index (χ0v) is 10.8. The molecule has 1 aromatic rings. The molecule has 1 saturated heterocycles. The minimum Gasteiger partial charge on any atom is -0.399 e. The molecule has 1 fully saturated rings. The monoisotopic (exact) mass is 274 g/mol. The largest absolute Gasteiger partial charge is 0.399 e. The van der Waals surface area contributed by atoms with E-state index in [9.17, 15) is 12.6 Å². The molecule has 5 nitrogen and oxygen atoms in total. The molecule has 0 aliphatic carbocycles. The van der Waals surface area contributed by atoms with Crippen LogP contribution in [0.2, 0.25) is 0 Å². The second kappa shape index (κ2) is 4.75. The van der Waals surface area contributed by atoms with Crippen molar-refractivity contribution in [3.05, 3.63) is 24.3 Å². The summed E-state index contributed by atoms with van der Waals surface area (Å²) in [5.41, 5.74) is 6.05. The molecule has 0 aromatic heterocycles. The average molecular weight is 274 g/mol. The van der Waals surface area contributed by atoms with E-state index in [-0.39, 0.29) is 4.90 Å². The summed E-state index contributed by atoms with van der Waals surface area (Å²) in [4.78, 5) is 0.236. The van der Waals surface area contributed by atoms with Crippen LogP contribution in [-0.4, -0.2) is 41.5 Å². The third-order valence-electron chi connectivity index (χ3n) is 2.65. The van der Waals surface area contributed by atoms with Gasteiger partial charge in [0.25, 0.3) is 0 Å². The van der Waals surface area contributed by atoms with Crippen molar-refractivity contribution in [1.82, 2.24) is 4.31 Å². The molecule has 1 aliphatic rings. The van der Waals surface area contributed by atoms with Gasteiger partial charge in [0.15, 0.2) is 0 Å². The summed E-state index contributed by atoms with van der Waals surface area (Å²) in [6.45, 7) is 0.638. The Hall–Kier alpha value is -0.920. The number of sulfonamides is 1. The lowest BCUT2D eigenvalue weighted by atomic mass is 10.3. The van der Waals surface area contributed by atoms with E-state index in [1.54, 1.807) is 12.1 Å². The maximum absolute atomic E-state index is 12.2.